The third-order valence-corrected chi connectivity index (χ3v) is 4.40. The van der Waals surface area contributed by atoms with Crippen molar-refractivity contribution < 1.29 is 9.59 Å². The van der Waals surface area contributed by atoms with Gasteiger partial charge in [-0.3, -0.25) is 9.59 Å². The van der Waals surface area contributed by atoms with E-state index in [9.17, 15) is 9.59 Å². The van der Waals surface area contributed by atoms with Crippen LogP contribution in [0.25, 0.3) is 0 Å². The third-order valence-electron chi connectivity index (χ3n) is 4.40. The summed E-state index contributed by atoms with van der Waals surface area (Å²) in [5, 5.41) is 9.08. The zero-order valence-electron chi connectivity index (χ0n) is 14.3. The molecule has 2 amide bonds. The second kappa shape index (κ2) is 7.94. The Morgan fingerprint density at radius 2 is 1.60 bits per heavy atom. The van der Waals surface area contributed by atoms with Gasteiger partial charge in [-0.05, 0) is 69.3 Å². The van der Waals surface area contributed by atoms with Crippen molar-refractivity contribution in [2.45, 2.75) is 19.8 Å². The summed E-state index contributed by atoms with van der Waals surface area (Å²) < 4.78 is 0. The Morgan fingerprint density at radius 1 is 0.960 bits per heavy atom. The average Bonchev–Trinajstić information content (AvgIpc) is 2.64. The lowest BCUT2D eigenvalue weighted by Crippen LogP contribution is -2.34. The number of hydrogen-bond acceptors (Lipinski definition) is 3. The van der Waals surface area contributed by atoms with E-state index in [1.54, 1.807) is 18.2 Å². The number of anilines is 2. The minimum Gasteiger partial charge on any atom is -0.326 e. The standard InChI is InChI=1S/C20H23N3O2/c1-14-3-2-4-16(13-14)20(25)23-18-7-5-17(6-8-18)22-19(24)15-9-11-21-12-10-15/h2-8,13,15,21H,9-12H2,1H3,(H,22,24)(H,23,25). The molecule has 0 aliphatic carbocycles. The molecule has 1 heterocycles. The fraction of sp³-hybridized carbons (Fsp3) is 0.300. The highest BCUT2D eigenvalue weighted by Gasteiger charge is 2.20. The van der Waals surface area contributed by atoms with Gasteiger partial charge < -0.3 is 16.0 Å². The molecular formula is C20H23N3O2. The molecule has 1 saturated heterocycles. The van der Waals surface area contributed by atoms with Crippen molar-refractivity contribution >= 4 is 23.2 Å². The summed E-state index contributed by atoms with van der Waals surface area (Å²) in [6, 6.07) is 14.7. The fourth-order valence-electron chi connectivity index (χ4n) is 2.95. The Hall–Kier alpha value is -2.66. The van der Waals surface area contributed by atoms with Gasteiger partial charge >= 0.3 is 0 Å². The summed E-state index contributed by atoms with van der Waals surface area (Å²) in [7, 11) is 0. The summed E-state index contributed by atoms with van der Waals surface area (Å²) in [5.74, 6) is -0.00446. The topological polar surface area (TPSA) is 70.2 Å². The van der Waals surface area contributed by atoms with Crippen LogP contribution in [-0.2, 0) is 4.79 Å². The number of rotatable bonds is 4. The molecule has 25 heavy (non-hydrogen) atoms. The number of carbonyl (C=O) groups is 2. The van der Waals surface area contributed by atoms with Gasteiger partial charge in [0.25, 0.3) is 5.91 Å². The maximum atomic E-state index is 12.2. The van der Waals surface area contributed by atoms with E-state index in [2.05, 4.69) is 16.0 Å². The molecule has 1 aliphatic rings. The van der Waals surface area contributed by atoms with Crippen molar-refractivity contribution in [2.75, 3.05) is 23.7 Å². The van der Waals surface area contributed by atoms with Crippen LogP contribution < -0.4 is 16.0 Å². The molecule has 3 rings (SSSR count). The van der Waals surface area contributed by atoms with Crippen LogP contribution in [0.3, 0.4) is 0 Å². The van der Waals surface area contributed by atoms with E-state index in [0.717, 1.165) is 37.2 Å². The average molecular weight is 337 g/mol. The molecule has 1 aliphatic heterocycles. The first kappa shape index (κ1) is 17.2. The molecule has 130 valence electrons. The van der Waals surface area contributed by atoms with E-state index >= 15 is 0 Å². The Balaban J connectivity index is 1.58. The van der Waals surface area contributed by atoms with Gasteiger partial charge in [-0.25, -0.2) is 0 Å². The molecule has 0 saturated carbocycles. The Kier molecular flexibility index (Phi) is 5.46. The molecule has 3 N–H and O–H groups in total. The van der Waals surface area contributed by atoms with Crippen LogP contribution in [0.1, 0.15) is 28.8 Å². The van der Waals surface area contributed by atoms with Gasteiger partial charge in [0.2, 0.25) is 5.91 Å². The van der Waals surface area contributed by atoms with Crippen LogP contribution in [0, 0.1) is 12.8 Å². The zero-order valence-corrected chi connectivity index (χ0v) is 14.3. The number of benzene rings is 2. The van der Waals surface area contributed by atoms with E-state index in [-0.39, 0.29) is 17.7 Å². The zero-order chi connectivity index (χ0) is 17.6. The van der Waals surface area contributed by atoms with Crippen LogP contribution in [-0.4, -0.2) is 24.9 Å². The first-order chi connectivity index (χ1) is 12.1. The van der Waals surface area contributed by atoms with Crippen molar-refractivity contribution in [2.24, 2.45) is 5.92 Å². The molecule has 0 aromatic heterocycles. The van der Waals surface area contributed by atoms with Gasteiger partial charge in [-0.2, -0.15) is 0 Å². The molecule has 2 aromatic rings. The van der Waals surface area contributed by atoms with Crippen LogP contribution in [0.15, 0.2) is 48.5 Å². The lowest BCUT2D eigenvalue weighted by molar-refractivity contribution is -0.120. The van der Waals surface area contributed by atoms with E-state index in [1.165, 1.54) is 0 Å². The molecular weight excluding hydrogens is 314 g/mol. The fourth-order valence-corrected chi connectivity index (χ4v) is 2.95. The second-order valence-corrected chi connectivity index (χ2v) is 6.41. The van der Waals surface area contributed by atoms with Crippen molar-refractivity contribution in [1.29, 1.82) is 0 Å². The summed E-state index contributed by atoms with van der Waals surface area (Å²) in [6.45, 7) is 3.74. The predicted molar refractivity (Wildman–Crippen MR) is 99.8 cm³/mol. The highest BCUT2D eigenvalue weighted by molar-refractivity contribution is 6.04. The number of aryl methyl sites for hydroxylation is 1. The van der Waals surface area contributed by atoms with Gasteiger partial charge in [0.15, 0.2) is 0 Å². The Morgan fingerprint density at radius 3 is 2.24 bits per heavy atom. The minimum absolute atomic E-state index is 0.0676. The monoisotopic (exact) mass is 337 g/mol. The maximum absolute atomic E-state index is 12.2. The summed E-state index contributed by atoms with van der Waals surface area (Å²) in [6.07, 6.45) is 1.74. The Labute approximate surface area is 147 Å². The van der Waals surface area contributed by atoms with Gasteiger partial charge in [-0.15, -0.1) is 0 Å². The van der Waals surface area contributed by atoms with Gasteiger partial charge in [0, 0.05) is 22.9 Å². The molecule has 0 spiro atoms. The second-order valence-electron chi connectivity index (χ2n) is 6.41. The summed E-state index contributed by atoms with van der Waals surface area (Å²) >= 11 is 0. The quantitative estimate of drug-likeness (QED) is 0.802. The summed E-state index contributed by atoms with van der Waals surface area (Å²) in [5.41, 5.74) is 3.12. The van der Waals surface area contributed by atoms with Crippen molar-refractivity contribution in [3.63, 3.8) is 0 Å². The lowest BCUT2D eigenvalue weighted by Gasteiger charge is -2.21. The molecule has 5 heteroatoms. The van der Waals surface area contributed by atoms with Crippen LogP contribution in [0.5, 0.6) is 0 Å². The lowest BCUT2D eigenvalue weighted by atomic mass is 9.97. The highest BCUT2D eigenvalue weighted by atomic mass is 16.2. The van der Waals surface area contributed by atoms with Gasteiger partial charge in [-0.1, -0.05) is 17.7 Å². The van der Waals surface area contributed by atoms with Crippen LogP contribution in [0.2, 0.25) is 0 Å². The molecule has 0 bridgehead atoms. The number of nitrogens with one attached hydrogen (secondary N) is 3. The third kappa shape index (κ3) is 4.67. The summed E-state index contributed by atoms with van der Waals surface area (Å²) in [4.78, 5) is 24.5. The van der Waals surface area contributed by atoms with Gasteiger partial charge in [0.05, 0.1) is 0 Å². The maximum Gasteiger partial charge on any atom is 0.255 e. The van der Waals surface area contributed by atoms with Crippen LogP contribution in [0.4, 0.5) is 11.4 Å². The highest BCUT2D eigenvalue weighted by Crippen LogP contribution is 2.18. The SMILES string of the molecule is Cc1cccc(C(=O)Nc2ccc(NC(=O)C3CCNCC3)cc2)c1. The van der Waals surface area contributed by atoms with Crippen molar-refractivity contribution in [3.8, 4) is 0 Å². The molecule has 0 atom stereocenters. The molecule has 2 aromatic carbocycles. The van der Waals surface area contributed by atoms with Crippen LogP contribution >= 0.6 is 0 Å². The predicted octanol–water partition coefficient (Wildman–Crippen LogP) is 3.19. The van der Waals surface area contributed by atoms with Crippen molar-refractivity contribution in [1.82, 2.24) is 5.32 Å². The Bertz CT molecular complexity index is 750. The number of hydrogen-bond donors (Lipinski definition) is 3. The first-order valence-corrected chi connectivity index (χ1v) is 8.61. The van der Waals surface area contributed by atoms with E-state index < -0.39 is 0 Å². The molecule has 0 unspecified atom stereocenters. The first-order valence-electron chi connectivity index (χ1n) is 8.61. The largest absolute Gasteiger partial charge is 0.326 e. The number of piperidine rings is 1. The molecule has 1 fully saturated rings. The van der Waals surface area contributed by atoms with Gasteiger partial charge in [0.1, 0.15) is 0 Å². The van der Waals surface area contributed by atoms with E-state index in [1.807, 2.05) is 37.3 Å². The van der Waals surface area contributed by atoms with E-state index in [0.29, 0.717) is 11.3 Å². The normalized spacial score (nSPS) is 14.8. The van der Waals surface area contributed by atoms with E-state index in [4.69, 9.17) is 0 Å². The molecule has 5 nitrogen and oxygen atoms in total. The molecule has 0 radical (unpaired) electrons. The minimum atomic E-state index is -0.143. The smallest absolute Gasteiger partial charge is 0.255 e. The van der Waals surface area contributed by atoms with Crippen molar-refractivity contribution in [3.05, 3.63) is 59.7 Å². The number of amides is 2. The number of carbonyl (C=O) groups excluding carboxylic acids is 2.